The molecule has 0 unspecified atom stereocenters. The van der Waals surface area contributed by atoms with E-state index in [0.717, 1.165) is 12.1 Å². The van der Waals surface area contributed by atoms with Crippen molar-refractivity contribution in [2.75, 3.05) is 0 Å². The molecule has 0 saturated heterocycles. The predicted molar refractivity (Wildman–Crippen MR) is 63.2 cm³/mol. The molecule has 98 valence electrons. The molecule has 0 saturated carbocycles. The number of alkyl halides is 3. The Morgan fingerprint density at radius 1 is 1.16 bits per heavy atom. The van der Waals surface area contributed by atoms with Crippen molar-refractivity contribution in [1.29, 1.82) is 0 Å². The smallest absolute Gasteiger partial charge is 0.366 e. The molecule has 6 heteroatoms. The third-order valence-corrected chi connectivity index (χ3v) is 2.59. The van der Waals surface area contributed by atoms with Gasteiger partial charge in [0.25, 0.3) is 0 Å². The minimum absolute atomic E-state index is 0.324. The van der Waals surface area contributed by atoms with Crippen LogP contribution in [0.15, 0.2) is 42.7 Å². The lowest BCUT2D eigenvalue weighted by molar-refractivity contribution is -0.137. The van der Waals surface area contributed by atoms with Crippen molar-refractivity contribution in [3.63, 3.8) is 0 Å². The molecule has 0 aliphatic heterocycles. The average molecular weight is 266 g/mol. The topological polar surface area (TPSA) is 56.0 Å². The molecular formula is C13H9F3N2O. The maximum atomic E-state index is 12.9. The van der Waals surface area contributed by atoms with Crippen LogP contribution in [0.2, 0.25) is 0 Å². The summed E-state index contributed by atoms with van der Waals surface area (Å²) in [6, 6.07) is 6.63. The van der Waals surface area contributed by atoms with Gasteiger partial charge >= 0.3 is 6.18 Å². The maximum absolute atomic E-state index is 12.9. The Morgan fingerprint density at radius 3 is 2.42 bits per heavy atom. The molecule has 2 rings (SSSR count). The predicted octanol–water partition coefficient (Wildman–Crippen LogP) is 2.87. The molecule has 19 heavy (non-hydrogen) atoms. The van der Waals surface area contributed by atoms with Gasteiger partial charge in [-0.3, -0.25) is 9.78 Å². The summed E-state index contributed by atoms with van der Waals surface area (Å²) < 4.78 is 38.6. The molecule has 0 fully saturated rings. The first-order valence-corrected chi connectivity index (χ1v) is 5.31. The summed E-state index contributed by atoms with van der Waals surface area (Å²) in [5.74, 6) is -1.11. The summed E-state index contributed by atoms with van der Waals surface area (Å²) in [7, 11) is 0. The van der Waals surface area contributed by atoms with Gasteiger partial charge in [-0.05, 0) is 23.8 Å². The van der Waals surface area contributed by atoms with E-state index in [1.807, 2.05) is 0 Å². The van der Waals surface area contributed by atoms with E-state index in [1.165, 1.54) is 18.5 Å². The highest BCUT2D eigenvalue weighted by Gasteiger charge is 2.35. The van der Waals surface area contributed by atoms with Crippen molar-refractivity contribution in [3.8, 4) is 11.1 Å². The molecule has 3 nitrogen and oxygen atoms in total. The zero-order valence-electron chi connectivity index (χ0n) is 9.61. The third-order valence-electron chi connectivity index (χ3n) is 2.59. The van der Waals surface area contributed by atoms with E-state index in [9.17, 15) is 18.0 Å². The second kappa shape index (κ2) is 4.72. The summed E-state index contributed by atoms with van der Waals surface area (Å²) in [6.07, 6.45) is -1.67. The Morgan fingerprint density at radius 2 is 1.89 bits per heavy atom. The van der Waals surface area contributed by atoms with Crippen LogP contribution in [-0.2, 0) is 6.18 Å². The summed E-state index contributed by atoms with van der Waals surface area (Å²) in [5, 5.41) is 0. The molecule has 0 spiro atoms. The lowest BCUT2D eigenvalue weighted by Gasteiger charge is -2.12. The van der Waals surface area contributed by atoms with Crippen molar-refractivity contribution < 1.29 is 18.0 Å². The van der Waals surface area contributed by atoms with Gasteiger partial charge in [0.2, 0.25) is 5.91 Å². The van der Waals surface area contributed by atoms with Crippen LogP contribution in [0, 0.1) is 0 Å². The molecule has 2 aromatic rings. The van der Waals surface area contributed by atoms with E-state index < -0.39 is 23.2 Å². The molecule has 2 N–H and O–H groups in total. The van der Waals surface area contributed by atoms with Gasteiger partial charge in [0.15, 0.2) is 0 Å². The van der Waals surface area contributed by atoms with E-state index in [2.05, 4.69) is 4.98 Å². The molecule has 0 atom stereocenters. The number of rotatable bonds is 2. The first-order valence-electron chi connectivity index (χ1n) is 5.31. The Balaban J connectivity index is 2.60. The summed E-state index contributed by atoms with van der Waals surface area (Å²) >= 11 is 0. The van der Waals surface area contributed by atoms with Crippen LogP contribution >= 0.6 is 0 Å². The number of carbonyl (C=O) groups is 1. The van der Waals surface area contributed by atoms with Gasteiger partial charge in [-0.25, -0.2) is 0 Å². The minimum atomic E-state index is -4.64. The third kappa shape index (κ3) is 2.73. The number of amides is 1. The Kier molecular flexibility index (Phi) is 3.25. The van der Waals surface area contributed by atoms with Crippen LogP contribution in [0.5, 0.6) is 0 Å². The van der Waals surface area contributed by atoms with Crippen molar-refractivity contribution in [1.82, 2.24) is 4.98 Å². The van der Waals surface area contributed by atoms with Crippen LogP contribution in [0.4, 0.5) is 13.2 Å². The number of carbonyl (C=O) groups excluding carboxylic acids is 1. The summed E-state index contributed by atoms with van der Waals surface area (Å²) in [5.41, 5.74) is 4.22. The van der Waals surface area contributed by atoms with E-state index >= 15 is 0 Å². The number of benzene rings is 1. The molecule has 0 aliphatic carbocycles. The van der Waals surface area contributed by atoms with E-state index in [4.69, 9.17) is 5.73 Å². The quantitative estimate of drug-likeness (QED) is 0.908. The van der Waals surface area contributed by atoms with Crippen molar-refractivity contribution in [2.24, 2.45) is 5.73 Å². The van der Waals surface area contributed by atoms with Gasteiger partial charge in [0.05, 0.1) is 11.1 Å². The van der Waals surface area contributed by atoms with Gasteiger partial charge < -0.3 is 5.73 Å². The van der Waals surface area contributed by atoms with Crippen molar-refractivity contribution in [3.05, 3.63) is 53.9 Å². The molecule has 0 radical (unpaired) electrons. The number of primary amides is 1. The second-order valence-corrected chi connectivity index (χ2v) is 3.86. The highest BCUT2D eigenvalue weighted by atomic mass is 19.4. The number of hydrogen-bond acceptors (Lipinski definition) is 2. The lowest BCUT2D eigenvalue weighted by atomic mass is 9.99. The van der Waals surface area contributed by atoms with E-state index in [0.29, 0.717) is 11.1 Å². The highest BCUT2D eigenvalue weighted by molar-refractivity contribution is 5.95. The van der Waals surface area contributed by atoms with Gasteiger partial charge in [-0.15, -0.1) is 0 Å². The molecule has 0 aliphatic rings. The molecular weight excluding hydrogens is 257 g/mol. The number of nitrogens with zero attached hydrogens (tertiary/aromatic N) is 1. The fraction of sp³-hybridized carbons (Fsp3) is 0.0769. The van der Waals surface area contributed by atoms with Gasteiger partial charge in [0.1, 0.15) is 0 Å². The first-order chi connectivity index (χ1) is 8.89. The van der Waals surface area contributed by atoms with Gasteiger partial charge in [0, 0.05) is 18.0 Å². The Bertz CT molecular complexity index is 609. The van der Waals surface area contributed by atoms with Gasteiger partial charge in [-0.2, -0.15) is 13.2 Å². The first kappa shape index (κ1) is 13.1. The number of aromatic nitrogens is 1. The maximum Gasteiger partial charge on any atom is 0.417 e. The van der Waals surface area contributed by atoms with Gasteiger partial charge in [-0.1, -0.05) is 12.1 Å². The fourth-order valence-corrected chi connectivity index (χ4v) is 1.71. The second-order valence-electron chi connectivity index (χ2n) is 3.86. The number of hydrogen-bond donors (Lipinski definition) is 1. The Hall–Kier alpha value is -2.37. The highest BCUT2D eigenvalue weighted by Crippen LogP contribution is 2.34. The molecule has 1 aromatic carbocycles. The van der Waals surface area contributed by atoms with Crippen molar-refractivity contribution >= 4 is 5.91 Å². The molecule has 1 aromatic heterocycles. The SMILES string of the molecule is NC(=O)c1ccc(-c2cccnc2)cc1C(F)(F)F. The minimum Gasteiger partial charge on any atom is -0.366 e. The zero-order chi connectivity index (χ0) is 14.0. The summed E-state index contributed by atoms with van der Waals surface area (Å²) in [4.78, 5) is 14.9. The molecule has 0 bridgehead atoms. The van der Waals surface area contributed by atoms with Crippen LogP contribution in [0.1, 0.15) is 15.9 Å². The number of halogens is 3. The van der Waals surface area contributed by atoms with Crippen LogP contribution < -0.4 is 5.73 Å². The van der Waals surface area contributed by atoms with E-state index in [-0.39, 0.29) is 0 Å². The molecule has 1 heterocycles. The van der Waals surface area contributed by atoms with Crippen LogP contribution in [0.3, 0.4) is 0 Å². The standard InChI is InChI=1S/C13H9F3N2O/c14-13(15,16)11-6-8(3-4-10(11)12(17)19)9-2-1-5-18-7-9/h1-7H,(H2,17,19). The summed E-state index contributed by atoms with van der Waals surface area (Å²) in [6.45, 7) is 0. The number of pyridine rings is 1. The van der Waals surface area contributed by atoms with Crippen molar-refractivity contribution in [2.45, 2.75) is 6.18 Å². The number of nitrogens with two attached hydrogens (primary N) is 1. The normalized spacial score (nSPS) is 11.3. The average Bonchev–Trinajstić information content (AvgIpc) is 2.38. The Labute approximate surface area is 106 Å². The monoisotopic (exact) mass is 266 g/mol. The van der Waals surface area contributed by atoms with Crippen LogP contribution in [-0.4, -0.2) is 10.9 Å². The zero-order valence-corrected chi connectivity index (χ0v) is 9.61. The fourth-order valence-electron chi connectivity index (χ4n) is 1.71. The lowest BCUT2D eigenvalue weighted by Crippen LogP contribution is -2.18. The van der Waals surface area contributed by atoms with E-state index in [1.54, 1.807) is 12.1 Å². The largest absolute Gasteiger partial charge is 0.417 e. The van der Waals surface area contributed by atoms with Crippen LogP contribution in [0.25, 0.3) is 11.1 Å². The molecule has 1 amide bonds.